The molecule has 0 aromatic carbocycles. The van der Waals surface area contributed by atoms with Crippen LogP contribution in [0.1, 0.15) is 5.56 Å². The molecule has 5 heteroatoms. The minimum Gasteiger partial charge on any atom is -0.332 e. The zero-order chi connectivity index (χ0) is 8.81. The van der Waals surface area contributed by atoms with Crippen LogP contribution in [-0.4, -0.2) is 16.2 Å². The predicted molar refractivity (Wildman–Crippen MR) is 41.4 cm³/mol. The van der Waals surface area contributed by atoms with Gasteiger partial charge in [0, 0.05) is 18.9 Å². The van der Waals surface area contributed by atoms with Crippen LogP contribution in [-0.2, 0) is 6.54 Å². The molecule has 1 rings (SSSR count). The van der Waals surface area contributed by atoms with Gasteiger partial charge in [0.2, 0.25) is 0 Å². The Bertz CT molecular complexity index is 250. The van der Waals surface area contributed by atoms with Gasteiger partial charge >= 0.3 is 6.03 Å². The van der Waals surface area contributed by atoms with Crippen LogP contribution in [0, 0.1) is 0 Å². The maximum Gasteiger partial charge on any atom is 0.338 e. The first-order chi connectivity index (χ1) is 5.83. The van der Waals surface area contributed by atoms with E-state index in [1.165, 1.54) is 5.48 Å². The summed E-state index contributed by atoms with van der Waals surface area (Å²) in [5, 5.41) is 10.6. The van der Waals surface area contributed by atoms with E-state index in [9.17, 15) is 4.79 Å². The second-order valence-corrected chi connectivity index (χ2v) is 2.15. The molecule has 5 nitrogen and oxygen atoms in total. The highest BCUT2D eigenvalue weighted by Gasteiger charge is 1.95. The van der Waals surface area contributed by atoms with Crippen molar-refractivity contribution in [1.29, 1.82) is 0 Å². The summed E-state index contributed by atoms with van der Waals surface area (Å²) in [7, 11) is 0. The van der Waals surface area contributed by atoms with Gasteiger partial charge in [-0.2, -0.15) is 0 Å². The highest BCUT2D eigenvalue weighted by atomic mass is 16.5. The summed E-state index contributed by atoms with van der Waals surface area (Å²) >= 11 is 0. The van der Waals surface area contributed by atoms with E-state index in [4.69, 9.17) is 5.21 Å². The van der Waals surface area contributed by atoms with Gasteiger partial charge in [-0.3, -0.25) is 10.2 Å². The largest absolute Gasteiger partial charge is 0.338 e. The lowest BCUT2D eigenvalue weighted by Crippen LogP contribution is -2.32. The summed E-state index contributed by atoms with van der Waals surface area (Å²) in [6.45, 7) is 0.370. The van der Waals surface area contributed by atoms with E-state index in [0.29, 0.717) is 6.54 Å². The van der Waals surface area contributed by atoms with Gasteiger partial charge in [0.05, 0.1) is 0 Å². The van der Waals surface area contributed by atoms with Crippen molar-refractivity contribution in [3.05, 3.63) is 30.1 Å². The van der Waals surface area contributed by atoms with Gasteiger partial charge in [-0.25, -0.2) is 10.3 Å². The maximum absolute atomic E-state index is 10.5. The van der Waals surface area contributed by atoms with Gasteiger partial charge in [-0.05, 0) is 17.7 Å². The number of carbonyl (C=O) groups is 1. The highest BCUT2D eigenvalue weighted by molar-refractivity contribution is 5.72. The third kappa shape index (κ3) is 2.55. The highest BCUT2D eigenvalue weighted by Crippen LogP contribution is 1.93. The van der Waals surface area contributed by atoms with Gasteiger partial charge in [0.1, 0.15) is 0 Å². The smallest absolute Gasteiger partial charge is 0.332 e. The van der Waals surface area contributed by atoms with E-state index >= 15 is 0 Å². The van der Waals surface area contributed by atoms with Crippen LogP contribution >= 0.6 is 0 Å². The number of aromatic nitrogens is 1. The van der Waals surface area contributed by atoms with E-state index in [2.05, 4.69) is 10.3 Å². The zero-order valence-corrected chi connectivity index (χ0v) is 6.32. The fourth-order valence-electron chi connectivity index (χ4n) is 0.723. The van der Waals surface area contributed by atoms with Crippen LogP contribution in [0.2, 0.25) is 0 Å². The van der Waals surface area contributed by atoms with Crippen molar-refractivity contribution in [2.45, 2.75) is 6.54 Å². The van der Waals surface area contributed by atoms with Crippen molar-refractivity contribution >= 4 is 6.03 Å². The van der Waals surface area contributed by atoms with E-state index in [-0.39, 0.29) is 0 Å². The second kappa shape index (κ2) is 4.30. The van der Waals surface area contributed by atoms with Crippen LogP contribution in [0.25, 0.3) is 0 Å². The normalized spacial score (nSPS) is 9.08. The minimum absolute atomic E-state index is 0.370. The molecule has 0 bridgehead atoms. The Morgan fingerprint density at radius 2 is 2.17 bits per heavy atom. The molecule has 0 atom stereocenters. The van der Waals surface area contributed by atoms with Crippen LogP contribution < -0.4 is 10.8 Å². The van der Waals surface area contributed by atoms with Crippen LogP contribution in [0.5, 0.6) is 0 Å². The van der Waals surface area contributed by atoms with Gasteiger partial charge in [0.15, 0.2) is 0 Å². The fraction of sp³-hybridized carbons (Fsp3) is 0.143. The Labute approximate surface area is 69.4 Å². The predicted octanol–water partition coefficient (Wildman–Crippen LogP) is 0.270. The molecule has 0 fully saturated rings. The van der Waals surface area contributed by atoms with E-state index < -0.39 is 6.03 Å². The number of carbonyl (C=O) groups excluding carboxylic acids is 1. The molecular weight excluding hydrogens is 158 g/mol. The van der Waals surface area contributed by atoms with Gasteiger partial charge in [0.25, 0.3) is 0 Å². The van der Waals surface area contributed by atoms with Gasteiger partial charge in [-0.1, -0.05) is 0 Å². The molecule has 3 N–H and O–H groups in total. The quantitative estimate of drug-likeness (QED) is 0.437. The summed E-state index contributed by atoms with van der Waals surface area (Å²) in [6.07, 6.45) is 3.27. The molecule has 1 heterocycles. The first kappa shape index (κ1) is 8.48. The Hall–Kier alpha value is -1.62. The Balaban J connectivity index is 2.38. The fourth-order valence-corrected chi connectivity index (χ4v) is 0.723. The van der Waals surface area contributed by atoms with Gasteiger partial charge < -0.3 is 5.32 Å². The maximum atomic E-state index is 10.5. The van der Waals surface area contributed by atoms with Crippen molar-refractivity contribution in [3.63, 3.8) is 0 Å². The lowest BCUT2D eigenvalue weighted by Gasteiger charge is -2.01. The Morgan fingerprint density at radius 3 is 2.75 bits per heavy atom. The molecule has 2 amide bonds. The van der Waals surface area contributed by atoms with Crippen molar-refractivity contribution in [1.82, 2.24) is 15.8 Å². The summed E-state index contributed by atoms with van der Waals surface area (Å²) in [5.41, 5.74) is 2.39. The van der Waals surface area contributed by atoms with Gasteiger partial charge in [-0.15, -0.1) is 0 Å². The van der Waals surface area contributed by atoms with E-state index in [0.717, 1.165) is 5.56 Å². The summed E-state index contributed by atoms with van der Waals surface area (Å²) in [4.78, 5) is 14.3. The third-order valence-corrected chi connectivity index (χ3v) is 1.30. The summed E-state index contributed by atoms with van der Waals surface area (Å²) in [5.74, 6) is 0. The average molecular weight is 167 g/mol. The molecular formula is C7H9N3O2. The molecule has 0 unspecified atom stereocenters. The van der Waals surface area contributed by atoms with E-state index in [1.807, 2.05) is 0 Å². The molecule has 12 heavy (non-hydrogen) atoms. The van der Waals surface area contributed by atoms with Crippen molar-refractivity contribution < 1.29 is 10.0 Å². The number of nitrogens with zero attached hydrogens (tertiary/aromatic N) is 1. The summed E-state index contributed by atoms with van der Waals surface area (Å²) in [6, 6.07) is 2.93. The molecule has 1 aromatic heterocycles. The van der Waals surface area contributed by atoms with Crippen molar-refractivity contribution in [2.75, 3.05) is 0 Å². The molecule has 0 aliphatic rings. The number of urea groups is 1. The number of rotatable bonds is 2. The molecule has 0 aliphatic heterocycles. The molecule has 0 spiro atoms. The Kier molecular flexibility index (Phi) is 3.04. The molecule has 0 saturated heterocycles. The van der Waals surface area contributed by atoms with Crippen LogP contribution in [0.15, 0.2) is 24.5 Å². The minimum atomic E-state index is -0.619. The molecule has 1 aromatic rings. The SMILES string of the molecule is O=C(NO)NCc1ccncc1. The van der Waals surface area contributed by atoms with E-state index in [1.54, 1.807) is 24.5 Å². The van der Waals surface area contributed by atoms with Crippen molar-refractivity contribution in [3.8, 4) is 0 Å². The number of amides is 2. The standard InChI is InChI=1S/C7H9N3O2/c11-7(10-12)9-5-6-1-3-8-4-2-6/h1-4,12H,5H2,(H2,9,10,11). The molecule has 64 valence electrons. The topological polar surface area (TPSA) is 74.2 Å². The first-order valence-electron chi connectivity index (χ1n) is 3.40. The zero-order valence-electron chi connectivity index (χ0n) is 6.32. The molecule has 0 aliphatic carbocycles. The first-order valence-corrected chi connectivity index (χ1v) is 3.40. The lowest BCUT2D eigenvalue weighted by molar-refractivity contribution is 0.161. The average Bonchev–Trinajstić information content (AvgIpc) is 2.16. The third-order valence-electron chi connectivity index (χ3n) is 1.30. The van der Waals surface area contributed by atoms with Crippen LogP contribution in [0.3, 0.4) is 0 Å². The number of nitrogens with one attached hydrogen (secondary N) is 2. The van der Waals surface area contributed by atoms with Crippen LogP contribution in [0.4, 0.5) is 4.79 Å². The molecule has 0 radical (unpaired) electrons. The monoisotopic (exact) mass is 167 g/mol. The number of hydroxylamine groups is 1. The Morgan fingerprint density at radius 1 is 1.50 bits per heavy atom. The number of hydrogen-bond acceptors (Lipinski definition) is 3. The summed E-state index contributed by atoms with van der Waals surface area (Å²) < 4.78 is 0. The lowest BCUT2D eigenvalue weighted by atomic mass is 10.3. The number of hydrogen-bond donors (Lipinski definition) is 3. The number of pyridine rings is 1. The second-order valence-electron chi connectivity index (χ2n) is 2.15. The molecule has 0 saturated carbocycles. The van der Waals surface area contributed by atoms with Crippen molar-refractivity contribution in [2.24, 2.45) is 0 Å².